The van der Waals surface area contributed by atoms with E-state index in [0.717, 1.165) is 6.16 Å². The number of nitrogens with zero attached hydrogens (tertiary/aromatic N) is 4. The van der Waals surface area contributed by atoms with Gasteiger partial charge in [-0.15, -0.1) is 0 Å². The van der Waals surface area contributed by atoms with E-state index >= 15 is 0 Å². The quantitative estimate of drug-likeness (QED) is 0.112. The van der Waals surface area contributed by atoms with Crippen LogP contribution in [0.15, 0.2) is 115 Å². The van der Waals surface area contributed by atoms with Crippen molar-refractivity contribution in [2.45, 2.75) is 91.8 Å². The highest BCUT2D eigenvalue weighted by molar-refractivity contribution is 7.95. The first-order chi connectivity index (χ1) is 29.8. The van der Waals surface area contributed by atoms with Gasteiger partial charge in [-0.1, -0.05) is 78.9 Å². The minimum Gasteiger partial charge on any atom is -1.00 e. The monoisotopic (exact) mass is 958 g/mol. The Hall–Kier alpha value is -3.96. The highest BCUT2D eigenvalue weighted by Crippen LogP contribution is 2.58. The van der Waals surface area contributed by atoms with Gasteiger partial charge < -0.3 is 31.2 Å². The normalized spacial score (nSPS) is 15.8. The molecule has 12 heteroatoms. The summed E-state index contributed by atoms with van der Waals surface area (Å²) in [7, 11) is -2.06. The number of benzene rings is 4. The molecule has 0 aromatic heterocycles. The van der Waals surface area contributed by atoms with Crippen molar-refractivity contribution in [2.24, 2.45) is 0 Å². The highest BCUT2D eigenvalue weighted by atomic mass is 79.9. The molecule has 1 aliphatic heterocycles. The number of carbonyl (C=O) groups is 3. The van der Waals surface area contributed by atoms with E-state index in [0.29, 0.717) is 58.9 Å². The first-order valence-electron chi connectivity index (χ1n) is 22.4. The Morgan fingerprint density at radius 2 is 0.688 bits per heavy atom. The second kappa shape index (κ2) is 24.0. The standard InChI is InChI=1S/C52H72N4O6P.BrH/c1-50(2,3)60-47(57)38-54-31-29-53(30-32-55(39-48(58)61-51(4,5)6)34-36-56(35-33-54)40-49(59)62-52(7,8)9)37-42-25-27-43(28-26-42)41-63(44-19-13-10-14-20-44,45-21-15-11-16-22-45)46-23-17-12-18-24-46;/h10-28H,29-41H2,1-9H3;1H/q+1;/p-1. The zero-order valence-corrected chi connectivity index (χ0v) is 42.2. The summed E-state index contributed by atoms with van der Waals surface area (Å²) in [4.78, 5) is 48.3. The predicted octanol–water partition coefficient (Wildman–Crippen LogP) is 3.93. The lowest BCUT2D eigenvalue weighted by molar-refractivity contribution is -0.158. The third-order valence-electron chi connectivity index (χ3n) is 10.7. The van der Waals surface area contributed by atoms with E-state index in [-0.39, 0.29) is 54.5 Å². The molecular weight excluding hydrogens is 887 g/mol. The molecule has 0 atom stereocenters. The number of hydrogen-bond donors (Lipinski definition) is 0. The van der Waals surface area contributed by atoms with Crippen LogP contribution in [-0.4, -0.2) is 126 Å². The van der Waals surface area contributed by atoms with Crippen molar-refractivity contribution in [2.75, 3.05) is 72.0 Å². The second-order valence-electron chi connectivity index (χ2n) is 19.7. The second-order valence-corrected chi connectivity index (χ2v) is 23.1. The smallest absolute Gasteiger partial charge is 0.320 e. The van der Waals surface area contributed by atoms with Gasteiger partial charge >= 0.3 is 17.9 Å². The molecule has 0 spiro atoms. The van der Waals surface area contributed by atoms with Crippen LogP contribution in [0.2, 0.25) is 0 Å². The molecule has 0 radical (unpaired) electrons. The van der Waals surface area contributed by atoms with E-state index < -0.39 is 24.1 Å². The summed E-state index contributed by atoms with van der Waals surface area (Å²) < 4.78 is 17.2. The van der Waals surface area contributed by atoms with Gasteiger partial charge in [-0.25, -0.2) is 0 Å². The van der Waals surface area contributed by atoms with E-state index in [4.69, 9.17) is 14.2 Å². The maximum Gasteiger partial charge on any atom is 0.320 e. The van der Waals surface area contributed by atoms with Crippen molar-refractivity contribution in [3.8, 4) is 0 Å². The fourth-order valence-corrected chi connectivity index (χ4v) is 12.2. The van der Waals surface area contributed by atoms with E-state index in [9.17, 15) is 14.4 Å². The van der Waals surface area contributed by atoms with Gasteiger partial charge in [-0.05, 0) is 110 Å². The maximum atomic E-state index is 13.2. The average Bonchev–Trinajstić information content (AvgIpc) is 3.20. The molecule has 1 saturated heterocycles. The third kappa shape index (κ3) is 17.4. The van der Waals surface area contributed by atoms with Gasteiger partial charge in [0.2, 0.25) is 0 Å². The summed E-state index contributed by atoms with van der Waals surface area (Å²) in [6.07, 6.45) is 0.888. The van der Waals surface area contributed by atoms with Crippen LogP contribution >= 0.6 is 7.26 Å². The van der Waals surface area contributed by atoms with Gasteiger partial charge in [0.1, 0.15) is 40.0 Å². The Labute approximate surface area is 394 Å². The lowest BCUT2D eigenvalue weighted by atomic mass is 10.1. The van der Waals surface area contributed by atoms with Crippen molar-refractivity contribution < 1.29 is 45.6 Å². The van der Waals surface area contributed by atoms with Crippen LogP contribution < -0.4 is 32.9 Å². The molecule has 0 aliphatic carbocycles. The number of halogens is 1. The molecule has 0 bridgehead atoms. The topological polar surface area (TPSA) is 91.9 Å². The summed E-state index contributed by atoms with van der Waals surface area (Å²) in [5.74, 6) is -0.865. The SMILES string of the molecule is CC(C)(C)OC(=O)CN1CCN(CC(=O)OC(C)(C)C)CCN(Cc2ccc(C[P+](c3ccccc3)(c3ccccc3)c3ccccc3)cc2)CCN(CC(=O)OC(C)(C)C)CC1.[Br-]. The van der Waals surface area contributed by atoms with Crippen molar-refractivity contribution in [1.29, 1.82) is 0 Å². The van der Waals surface area contributed by atoms with E-state index in [1.54, 1.807) is 0 Å². The van der Waals surface area contributed by atoms with Crippen molar-refractivity contribution in [1.82, 2.24) is 19.6 Å². The first kappa shape index (κ1) is 52.7. The van der Waals surface area contributed by atoms with Crippen molar-refractivity contribution >= 4 is 41.1 Å². The van der Waals surface area contributed by atoms with E-state index in [1.807, 2.05) is 62.3 Å². The molecule has 0 saturated carbocycles. The predicted molar refractivity (Wildman–Crippen MR) is 257 cm³/mol. The summed E-state index contributed by atoms with van der Waals surface area (Å²) in [5, 5.41) is 4.06. The van der Waals surface area contributed by atoms with Crippen LogP contribution in [0.4, 0.5) is 0 Å². The largest absolute Gasteiger partial charge is 1.00 e. The summed E-state index contributed by atoms with van der Waals surface area (Å²) in [6.45, 7) is 22.7. The summed E-state index contributed by atoms with van der Waals surface area (Å²) >= 11 is 0. The minimum atomic E-state index is -2.06. The molecule has 4 aromatic rings. The summed E-state index contributed by atoms with van der Waals surface area (Å²) in [6, 6.07) is 42.0. The number of rotatable bonds is 13. The van der Waals surface area contributed by atoms with Gasteiger partial charge in [0.25, 0.3) is 0 Å². The molecule has 0 amide bonds. The van der Waals surface area contributed by atoms with Gasteiger partial charge in [0.05, 0.1) is 25.8 Å². The average molecular weight is 960 g/mol. The Morgan fingerprint density at radius 3 is 0.969 bits per heavy atom. The van der Waals surface area contributed by atoms with Crippen LogP contribution in [0, 0.1) is 0 Å². The Bertz CT molecular complexity index is 1890. The Balaban J connectivity index is 0.00000898. The molecule has 4 aromatic carbocycles. The first-order valence-corrected chi connectivity index (χ1v) is 24.4. The summed E-state index contributed by atoms with van der Waals surface area (Å²) in [5.41, 5.74) is 0.646. The van der Waals surface area contributed by atoms with Crippen molar-refractivity contribution in [3.63, 3.8) is 0 Å². The van der Waals surface area contributed by atoms with Crippen LogP contribution in [0.5, 0.6) is 0 Å². The fourth-order valence-electron chi connectivity index (χ4n) is 7.93. The zero-order chi connectivity index (χ0) is 45.7. The Kier molecular flexibility index (Phi) is 19.7. The minimum absolute atomic E-state index is 0. The lowest BCUT2D eigenvalue weighted by Crippen LogP contribution is -3.00. The molecule has 1 heterocycles. The van der Waals surface area contributed by atoms with E-state index in [1.165, 1.54) is 27.0 Å². The van der Waals surface area contributed by atoms with Gasteiger partial charge in [-0.3, -0.25) is 34.0 Å². The molecular formula is C52H72BrN4O6P. The van der Waals surface area contributed by atoms with Gasteiger partial charge in [0.15, 0.2) is 0 Å². The molecule has 1 aliphatic rings. The van der Waals surface area contributed by atoms with Crippen molar-refractivity contribution in [3.05, 3.63) is 126 Å². The molecule has 5 rings (SSSR count). The molecule has 10 nitrogen and oxygen atoms in total. The van der Waals surface area contributed by atoms with Crippen LogP contribution in [0.3, 0.4) is 0 Å². The molecule has 64 heavy (non-hydrogen) atoms. The van der Waals surface area contributed by atoms with Crippen LogP contribution in [-0.2, 0) is 41.3 Å². The molecule has 0 unspecified atom stereocenters. The third-order valence-corrected chi connectivity index (χ3v) is 15.1. The van der Waals surface area contributed by atoms with E-state index in [2.05, 4.69) is 135 Å². The van der Waals surface area contributed by atoms with Crippen LogP contribution in [0.25, 0.3) is 0 Å². The van der Waals surface area contributed by atoms with Gasteiger partial charge in [0, 0.05) is 58.9 Å². The molecule has 1 fully saturated rings. The lowest BCUT2D eigenvalue weighted by Gasteiger charge is -2.34. The van der Waals surface area contributed by atoms with Crippen LogP contribution in [0.1, 0.15) is 73.4 Å². The highest BCUT2D eigenvalue weighted by Gasteiger charge is 2.45. The molecule has 348 valence electrons. The number of esters is 3. The molecule has 0 N–H and O–H groups in total. The number of carbonyl (C=O) groups excluding carboxylic acids is 3. The maximum absolute atomic E-state index is 13.2. The number of ether oxygens (including phenoxy) is 3. The van der Waals surface area contributed by atoms with Gasteiger partial charge in [-0.2, -0.15) is 0 Å². The zero-order valence-electron chi connectivity index (χ0n) is 39.7. The Morgan fingerprint density at radius 1 is 0.422 bits per heavy atom. The fraction of sp³-hybridized carbons (Fsp3) is 0.481. The number of hydrogen-bond acceptors (Lipinski definition) is 10.